The van der Waals surface area contributed by atoms with E-state index in [0.717, 1.165) is 44.0 Å². The van der Waals surface area contributed by atoms with E-state index < -0.39 is 4.92 Å². The van der Waals surface area contributed by atoms with Crippen molar-refractivity contribution in [2.75, 3.05) is 54.0 Å². The van der Waals surface area contributed by atoms with Crippen molar-refractivity contribution in [3.05, 3.63) is 80.9 Å². The topological polar surface area (TPSA) is 132 Å². The summed E-state index contributed by atoms with van der Waals surface area (Å²) in [4.78, 5) is 13.7. The lowest BCUT2D eigenvalue weighted by atomic mass is 9.98. The molecule has 0 spiro atoms. The number of hydrazone groups is 1. The molecule has 0 saturated carbocycles. The van der Waals surface area contributed by atoms with Crippen LogP contribution in [0.4, 0.5) is 11.4 Å². The van der Waals surface area contributed by atoms with Crippen molar-refractivity contribution in [2.24, 2.45) is 15.3 Å². The maximum atomic E-state index is 11.7. The molecule has 12 nitrogen and oxygen atoms in total. The van der Waals surface area contributed by atoms with Crippen LogP contribution >= 0.6 is 0 Å². The molecule has 3 aromatic carbocycles. The predicted octanol–water partition coefficient (Wildman–Crippen LogP) is 5.09. The standard InChI is InChI=1S/C29H34N6O6/c1-30-32-29(23-16-27(40-4)28(41-5)17-24(23)35(36)37)33-31-22-8-6-19(7-9-22)10-12-34-13-11-20-14-25(38-2)26(39-3)15-21(20)18-34/h6-9,14-17,31H,10-13,18H2,1-5H3/b32-30-,33-29-. The number of ether oxygens (including phenoxy) is 4. The first kappa shape index (κ1) is 29.3. The monoisotopic (exact) mass is 562 g/mol. The summed E-state index contributed by atoms with van der Waals surface area (Å²) in [5, 5.41) is 23.8. The lowest BCUT2D eigenvalue weighted by molar-refractivity contribution is -0.385. The van der Waals surface area contributed by atoms with Crippen molar-refractivity contribution in [2.45, 2.75) is 19.4 Å². The minimum atomic E-state index is -0.527. The molecule has 1 heterocycles. The summed E-state index contributed by atoms with van der Waals surface area (Å²) in [7, 11) is 7.64. The van der Waals surface area contributed by atoms with E-state index in [1.54, 1.807) is 14.2 Å². The summed E-state index contributed by atoms with van der Waals surface area (Å²) in [6, 6.07) is 14.8. The van der Waals surface area contributed by atoms with Crippen LogP contribution in [0.5, 0.6) is 23.0 Å². The highest BCUT2D eigenvalue weighted by Crippen LogP contribution is 2.35. The van der Waals surface area contributed by atoms with Gasteiger partial charge in [0.25, 0.3) is 5.69 Å². The average molecular weight is 563 g/mol. The van der Waals surface area contributed by atoms with Crippen LogP contribution in [0.2, 0.25) is 0 Å². The number of nitrogens with zero attached hydrogens (tertiary/aromatic N) is 5. The molecule has 1 N–H and O–H groups in total. The molecular formula is C29H34N6O6. The van der Waals surface area contributed by atoms with E-state index in [1.165, 1.54) is 50.1 Å². The quantitative estimate of drug-likeness (QED) is 0.112. The molecule has 12 heteroatoms. The molecule has 3 aromatic rings. The second kappa shape index (κ2) is 13.6. The van der Waals surface area contributed by atoms with Crippen LogP contribution in [0.25, 0.3) is 0 Å². The number of methoxy groups -OCH3 is 4. The normalized spacial score (nSPS) is 13.5. The van der Waals surface area contributed by atoms with Crippen LogP contribution in [-0.2, 0) is 19.4 Å². The van der Waals surface area contributed by atoms with Gasteiger partial charge < -0.3 is 18.9 Å². The molecule has 0 fully saturated rings. The van der Waals surface area contributed by atoms with E-state index >= 15 is 0 Å². The van der Waals surface area contributed by atoms with Crippen molar-refractivity contribution in [1.29, 1.82) is 0 Å². The van der Waals surface area contributed by atoms with E-state index in [1.807, 2.05) is 24.3 Å². The summed E-state index contributed by atoms with van der Waals surface area (Å²) in [5.74, 6) is 2.09. The second-order valence-electron chi connectivity index (χ2n) is 9.28. The number of hydrogen-bond acceptors (Lipinski definition) is 10. The Morgan fingerprint density at radius 2 is 1.54 bits per heavy atom. The van der Waals surface area contributed by atoms with Crippen LogP contribution in [0, 0.1) is 10.1 Å². The fourth-order valence-corrected chi connectivity index (χ4v) is 4.71. The Balaban J connectivity index is 1.43. The highest BCUT2D eigenvalue weighted by atomic mass is 16.6. The Hall–Kier alpha value is -4.71. The molecule has 41 heavy (non-hydrogen) atoms. The Morgan fingerprint density at radius 1 is 0.927 bits per heavy atom. The van der Waals surface area contributed by atoms with Gasteiger partial charge >= 0.3 is 0 Å². The highest BCUT2D eigenvalue weighted by Gasteiger charge is 2.24. The van der Waals surface area contributed by atoms with Gasteiger partial charge in [0, 0.05) is 32.7 Å². The molecule has 216 valence electrons. The largest absolute Gasteiger partial charge is 0.493 e. The molecule has 0 aliphatic carbocycles. The zero-order chi connectivity index (χ0) is 29.4. The van der Waals surface area contributed by atoms with Crippen molar-refractivity contribution in [3.8, 4) is 23.0 Å². The molecule has 0 amide bonds. The molecule has 0 unspecified atom stereocenters. The number of azo groups is 1. The summed E-state index contributed by atoms with van der Waals surface area (Å²) >= 11 is 0. The zero-order valence-corrected chi connectivity index (χ0v) is 23.8. The minimum Gasteiger partial charge on any atom is -0.493 e. The van der Waals surface area contributed by atoms with Crippen molar-refractivity contribution in [1.82, 2.24) is 4.90 Å². The Labute approximate surface area is 238 Å². The van der Waals surface area contributed by atoms with Gasteiger partial charge in [-0.2, -0.15) is 10.2 Å². The predicted molar refractivity (Wildman–Crippen MR) is 156 cm³/mol. The van der Waals surface area contributed by atoms with Crippen molar-refractivity contribution in [3.63, 3.8) is 0 Å². The third kappa shape index (κ3) is 6.90. The smallest absolute Gasteiger partial charge is 0.284 e. The number of nitro benzene ring substituents is 1. The number of amidine groups is 1. The van der Waals surface area contributed by atoms with Crippen LogP contribution in [-0.4, -0.2) is 64.2 Å². The van der Waals surface area contributed by atoms with Crippen LogP contribution < -0.4 is 24.4 Å². The van der Waals surface area contributed by atoms with Gasteiger partial charge in [0.2, 0.25) is 5.84 Å². The lowest BCUT2D eigenvalue weighted by Gasteiger charge is -2.29. The highest BCUT2D eigenvalue weighted by molar-refractivity contribution is 6.03. The zero-order valence-electron chi connectivity index (χ0n) is 23.8. The van der Waals surface area contributed by atoms with Gasteiger partial charge in [-0.15, -0.1) is 5.11 Å². The van der Waals surface area contributed by atoms with E-state index in [9.17, 15) is 10.1 Å². The van der Waals surface area contributed by atoms with E-state index in [2.05, 4.69) is 37.8 Å². The number of benzene rings is 3. The summed E-state index contributed by atoms with van der Waals surface area (Å²) in [6.45, 7) is 2.76. The molecule has 0 saturated heterocycles. The summed E-state index contributed by atoms with van der Waals surface area (Å²) in [5.41, 5.74) is 7.29. The van der Waals surface area contributed by atoms with Crippen LogP contribution in [0.1, 0.15) is 22.3 Å². The van der Waals surface area contributed by atoms with E-state index in [0.29, 0.717) is 11.4 Å². The minimum absolute atomic E-state index is 0.0314. The van der Waals surface area contributed by atoms with Gasteiger partial charge in [-0.1, -0.05) is 12.1 Å². The number of rotatable bonds is 11. The molecule has 4 rings (SSSR count). The Bertz CT molecular complexity index is 1440. The Kier molecular flexibility index (Phi) is 9.69. The number of nitro groups is 1. The molecule has 0 radical (unpaired) electrons. The fourth-order valence-electron chi connectivity index (χ4n) is 4.71. The van der Waals surface area contributed by atoms with Gasteiger partial charge in [0.05, 0.1) is 45.1 Å². The fraction of sp³-hybridized carbons (Fsp3) is 0.345. The van der Waals surface area contributed by atoms with Crippen LogP contribution in [0.3, 0.4) is 0 Å². The third-order valence-corrected chi connectivity index (χ3v) is 6.89. The first-order chi connectivity index (χ1) is 19.9. The van der Waals surface area contributed by atoms with Gasteiger partial charge in [-0.25, -0.2) is 0 Å². The molecule has 0 aromatic heterocycles. The molecular weight excluding hydrogens is 528 g/mol. The number of hydrogen-bond donors (Lipinski definition) is 1. The van der Waals surface area contributed by atoms with Gasteiger partial charge in [-0.3, -0.25) is 20.4 Å². The van der Waals surface area contributed by atoms with E-state index in [4.69, 9.17) is 18.9 Å². The molecule has 1 aliphatic rings. The second-order valence-corrected chi connectivity index (χ2v) is 9.28. The first-order valence-electron chi connectivity index (χ1n) is 13.0. The first-order valence-corrected chi connectivity index (χ1v) is 13.0. The third-order valence-electron chi connectivity index (χ3n) is 6.89. The molecule has 0 bridgehead atoms. The average Bonchev–Trinajstić information content (AvgIpc) is 3.00. The van der Waals surface area contributed by atoms with Gasteiger partial charge in [0.1, 0.15) is 5.56 Å². The molecule has 1 aliphatic heterocycles. The number of fused-ring (bicyclic) bond motifs is 1. The Morgan fingerprint density at radius 3 is 2.15 bits per heavy atom. The maximum Gasteiger partial charge on any atom is 0.284 e. The summed E-state index contributed by atoms with van der Waals surface area (Å²) < 4.78 is 21.4. The molecule has 0 atom stereocenters. The van der Waals surface area contributed by atoms with Crippen molar-refractivity contribution < 1.29 is 23.9 Å². The van der Waals surface area contributed by atoms with Gasteiger partial charge in [0.15, 0.2) is 23.0 Å². The number of anilines is 1. The van der Waals surface area contributed by atoms with Crippen LogP contribution in [0.15, 0.2) is 63.9 Å². The summed E-state index contributed by atoms with van der Waals surface area (Å²) in [6.07, 6.45) is 1.85. The SMILES string of the molecule is C/N=N\C(=N/Nc1ccc(CCN2CCc3cc(OC)c(OC)cc3C2)cc1)c1cc(OC)c(OC)cc1[N+](=O)[O-]. The van der Waals surface area contributed by atoms with Crippen molar-refractivity contribution >= 4 is 17.2 Å². The van der Waals surface area contributed by atoms with Gasteiger partial charge in [-0.05, 0) is 53.8 Å². The lowest BCUT2D eigenvalue weighted by Crippen LogP contribution is -2.32. The number of nitrogens with one attached hydrogen (secondary N) is 1. The maximum absolute atomic E-state index is 11.7. The van der Waals surface area contributed by atoms with E-state index in [-0.39, 0.29) is 22.8 Å².